The second kappa shape index (κ2) is 7.84. The van der Waals surface area contributed by atoms with Crippen molar-refractivity contribution in [1.29, 1.82) is 0 Å². The van der Waals surface area contributed by atoms with E-state index in [4.69, 9.17) is 9.84 Å². The van der Waals surface area contributed by atoms with E-state index < -0.39 is 0 Å². The van der Waals surface area contributed by atoms with E-state index >= 15 is 0 Å². The van der Waals surface area contributed by atoms with Crippen LogP contribution in [-0.4, -0.2) is 47.6 Å². The first-order valence-corrected chi connectivity index (χ1v) is 11.5. The second-order valence-corrected chi connectivity index (χ2v) is 9.25. The van der Waals surface area contributed by atoms with Gasteiger partial charge in [-0.25, -0.2) is 9.50 Å². The molecule has 2 fully saturated rings. The van der Waals surface area contributed by atoms with Crippen molar-refractivity contribution < 1.29 is 14.6 Å². The van der Waals surface area contributed by atoms with Crippen molar-refractivity contribution in [2.45, 2.75) is 57.3 Å². The molecular weight excluding hydrogens is 420 g/mol. The monoisotopic (exact) mass is 446 g/mol. The zero-order valence-electron chi connectivity index (χ0n) is 18.4. The Bertz CT molecular complexity index is 1340. The largest absolute Gasteiger partial charge is 0.490 e. The molecule has 1 aromatic carbocycles. The Kier molecular flexibility index (Phi) is 4.79. The van der Waals surface area contributed by atoms with Crippen molar-refractivity contribution in [1.82, 2.24) is 24.4 Å². The first kappa shape index (κ1) is 20.2. The van der Waals surface area contributed by atoms with Crippen molar-refractivity contribution >= 4 is 28.1 Å². The van der Waals surface area contributed by atoms with Gasteiger partial charge in [-0.3, -0.25) is 9.48 Å². The number of carbonyl (C=O) groups excluding carboxylic acids is 1. The van der Waals surface area contributed by atoms with Crippen LogP contribution in [0.5, 0.6) is 5.75 Å². The number of amides is 1. The average Bonchev–Trinajstić information content (AvgIpc) is 3.38. The van der Waals surface area contributed by atoms with Crippen LogP contribution in [0.3, 0.4) is 0 Å². The molecule has 6 rings (SSSR count). The highest BCUT2D eigenvalue weighted by atomic mass is 16.5. The minimum Gasteiger partial charge on any atom is -0.490 e. The molecule has 9 nitrogen and oxygen atoms in total. The lowest BCUT2D eigenvalue weighted by Gasteiger charge is -2.31. The van der Waals surface area contributed by atoms with Crippen LogP contribution in [0.15, 0.2) is 43.0 Å². The summed E-state index contributed by atoms with van der Waals surface area (Å²) in [5.74, 6) is 0.607. The van der Waals surface area contributed by atoms with Gasteiger partial charge in [-0.05, 0) is 50.2 Å². The first-order chi connectivity index (χ1) is 16.0. The molecule has 170 valence electrons. The van der Waals surface area contributed by atoms with Gasteiger partial charge in [0.2, 0.25) is 0 Å². The summed E-state index contributed by atoms with van der Waals surface area (Å²) in [4.78, 5) is 17.6. The van der Waals surface area contributed by atoms with Crippen molar-refractivity contribution in [2.75, 3.05) is 5.32 Å². The molecule has 4 aromatic rings. The number of aromatic nitrogens is 5. The molecule has 3 atom stereocenters. The Morgan fingerprint density at radius 1 is 1.24 bits per heavy atom. The predicted molar refractivity (Wildman–Crippen MR) is 122 cm³/mol. The molecule has 2 N–H and O–H groups in total. The topological polar surface area (TPSA) is 107 Å². The molecule has 3 heterocycles. The van der Waals surface area contributed by atoms with Crippen molar-refractivity contribution in [2.24, 2.45) is 5.92 Å². The molecular formula is C24H26N6O3. The molecule has 9 heteroatoms. The summed E-state index contributed by atoms with van der Waals surface area (Å²) in [5, 5.41) is 22.9. The van der Waals surface area contributed by atoms with Gasteiger partial charge in [0.05, 0.1) is 35.5 Å². The molecule has 2 saturated carbocycles. The maximum atomic E-state index is 13.3. The van der Waals surface area contributed by atoms with Gasteiger partial charge in [-0.15, -0.1) is 0 Å². The quantitative estimate of drug-likeness (QED) is 0.485. The maximum Gasteiger partial charge on any atom is 0.259 e. The Morgan fingerprint density at radius 3 is 2.94 bits per heavy atom. The number of carbonyl (C=O) groups is 1. The molecule has 0 aliphatic heterocycles. The summed E-state index contributed by atoms with van der Waals surface area (Å²) in [6.45, 7) is 2.16. The van der Waals surface area contributed by atoms with E-state index in [0.717, 1.165) is 43.0 Å². The molecule has 0 spiro atoms. The maximum absolute atomic E-state index is 13.3. The highest BCUT2D eigenvalue weighted by Gasteiger charge is 2.30. The van der Waals surface area contributed by atoms with E-state index in [0.29, 0.717) is 28.6 Å². The lowest BCUT2D eigenvalue weighted by Crippen LogP contribution is -2.28. The normalized spacial score (nSPS) is 23.2. The van der Waals surface area contributed by atoms with E-state index in [9.17, 15) is 9.90 Å². The lowest BCUT2D eigenvalue weighted by atomic mass is 9.84. The van der Waals surface area contributed by atoms with Gasteiger partial charge in [0.25, 0.3) is 5.91 Å². The third-order valence-electron chi connectivity index (χ3n) is 6.65. The molecule has 0 bridgehead atoms. The zero-order valence-corrected chi connectivity index (χ0v) is 18.4. The van der Waals surface area contributed by atoms with Crippen LogP contribution in [-0.2, 0) is 0 Å². The van der Waals surface area contributed by atoms with Gasteiger partial charge in [-0.1, -0.05) is 6.92 Å². The van der Waals surface area contributed by atoms with Crippen LogP contribution < -0.4 is 10.1 Å². The van der Waals surface area contributed by atoms with Crippen LogP contribution in [0.4, 0.5) is 5.69 Å². The summed E-state index contributed by atoms with van der Waals surface area (Å²) in [5.41, 5.74) is 2.40. The van der Waals surface area contributed by atoms with Gasteiger partial charge >= 0.3 is 0 Å². The fourth-order valence-electron chi connectivity index (χ4n) is 4.73. The van der Waals surface area contributed by atoms with Crippen LogP contribution in [0.1, 0.15) is 55.4 Å². The fourth-order valence-corrected chi connectivity index (χ4v) is 4.73. The number of aliphatic hydroxyl groups excluding tert-OH is 1. The Balaban J connectivity index is 1.35. The molecule has 33 heavy (non-hydrogen) atoms. The summed E-state index contributed by atoms with van der Waals surface area (Å²) in [6, 6.07) is 5.74. The molecule has 0 unspecified atom stereocenters. The fraction of sp³-hybridized carbons (Fsp3) is 0.417. The average molecular weight is 447 g/mol. The molecule has 2 aliphatic rings. The number of rotatable bonds is 5. The van der Waals surface area contributed by atoms with E-state index in [1.54, 1.807) is 29.2 Å². The molecule has 1 amide bonds. The van der Waals surface area contributed by atoms with Gasteiger partial charge < -0.3 is 15.2 Å². The number of anilines is 1. The number of hydrogen-bond acceptors (Lipinski definition) is 6. The van der Waals surface area contributed by atoms with Gasteiger partial charge in [0, 0.05) is 30.0 Å². The number of ether oxygens (including phenoxy) is 1. The predicted octanol–water partition coefficient (Wildman–Crippen LogP) is 3.59. The van der Waals surface area contributed by atoms with Gasteiger partial charge in [0.1, 0.15) is 11.4 Å². The third-order valence-corrected chi connectivity index (χ3v) is 6.65. The van der Waals surface area contributed by atoms with Gasteiger partial charge in [0.15, 0.2) is 5.65 Å². The molecule has 0 saturated heterocycles. The number of hydrogen-bond donors (Lipinski definition) is 2. The Labute approximate surface area is 190 Å². The first-order valence-electron chi connectivity index (χ1n) is 11.5. The number of nitrogens with one attached hydrogen (secondary N) is 1. The van der Waals surface area contributed by atoms with Crippen LogP contribution in [0.2, 0.25) is 0 Å². The van der Waals surface area contributed by atoms with Crippen LogP contribution in [0, 0.1) is 5.92 Å². The van der Waals surface area contributed by atoms with Crippen molar-refractivity contribution in [3.8, 4) is 5.75 Å². The number of fused-ring (bicyclic) bond motifs is 2. The Morgan fingerprint density at radius 2 is 2.12 bits per heavy atom. The smallest absolute Gasteiger partial charge is 0.259 e. The Hall–Kier alpha value is -3.46. The SMILES string of the molecule is C[C@H]1C[C@H](O)CC[C@@H]1n1cc2cc(C(=O)Nc3cnn4cccnc34)c(OC3CC3)cc2n1. The third kappa shape index (κ3) is 3.82. The van der Waals surface area contributed by atoms with Crippen molar-refractivity contribution in [3.05, 3.63) is 48.5 Å². The molecule has 2 aliphatic carbocycles. The van der Waals surface area contributed by atoms with E-state index in [1.165, 1.54) is 0 Å². The van der Waals surface area contributed by atoms with Crippen LogP contribution >= 0.6 is 0 Å². The summed E-state index contributed by atoms with van der Waals surface area (Å²) in [6.07, 6.45) is 11.4. The summed E-state index contributed by atoms with van der Waals surface area (Å²) < 4.78 is 9.72. The standard InChI is InChI=1S/C24H26N6O3/c1-14-9-16(31)3-6-21(14)30-13-15-10-18(22(11-19(15)28-30)33-17-4-5-17)24(32)27-20-12-26-29-8-2-7-25-23(20)29/h2,7-8,10-14,16-17,21,31H,3-6,9H2,1H3,(H,27,32)/t14-,16+,21-/m0/s1. The highest BCUT2D eigenvalue weighted by molar-refractivity contribution is 6.09. The highest BCUT2D eigenvalue weighted by Crippen LogP contribution is 2.36. The number of nitrogens with zero attached hydrogens (tertiary/aromatic N) is 5. The van der Waals surface area contributed by atoms with Gasteiger partial charge in [-0.2, -0.15) is 10.2 Å². The molecule has 0 radical (unpaired) electrons. The van der Waals surface area contributed by atoms with Crippen molar-refractivity contribution in [3.63, 3.8) is 0 Å². The van der Waals surface area contributed by atoms with E-state index in [1.807, 2.05) is 23.0 Å². The number of benzene rings is 1. The van der Waals surface area contributed by atoms with Crippen LogP contribution in [0.25, 0.3) is 16.6 Å². The molecule has 3 aromatic heterocycles. The van der Waals surface area contributed by atoms with E-state index in [-0.39, 0.29) is 24.2 Å². The second-order valence-electron chi connectivity index (χ2n) is 9.25. The summed E-state index contributed by atoms with van der Waals surface area (Å²) in [7, 11) is 0. The minimum absolute atomic E-state index is 0.148. The number of aliphatic hydroxyl groups is 1. The van der Waals surface area contributed by atoms with E-state index in [2.05, 4.69) is 22.3 Å². The lowest BCUT2D eigenvalue weighted by molar-refractivity contribution is 0.0750. The minimum atomic E-state index is -0.269. The summed E-state index contributed by atoms with van der Waals surface area (Å²) >= 11 is 0. The zero-order chi connectivity index (χ0) is 22.5.